The fourth-order valence-electron chi connectivity index (χ4n) is 1.66. The molecule has 0 radical (unpaired) electrons. The third kappa shape index (κ3) is 4.17. The lowest BCUT2D eigenvalue weighted by atomic mass is 10.0. The van der Waals surface area contributed by atoms with Crippen LogP contribution in [-0.4, -0.2) is 37.6 Å². The van der Waals surface area contributed by atoms with Crippen LogP contribution in [0.4, 0.5) is 0 Å². The highest BCUT2D eigenvalue weighted by molar-refractivity contribution is 5.69. The molecule has 1 atom stereocenters. The molecule has 1 unspecified atom stereocenters. The summed E-state index contributed by atoms with van der Waals surface area (Å²) in [5.74, 6) is 0.326. The smallest absolute Gasteiger partial charge is 0.308 e. The molecule has 94 valence electrons. The summed E-state index contributed by atoms with van der Waals surface area (Å²) in [6.45, 7) is 1.98. The monoisotopic (exact) mass is 236 g/mol. The molecule has 0 aliphatic heterocycles. The number of esters is 1. The lowest BCUT2D eigenvalue weighted by Gasteiger charge is -2.23. The average Bonchev–Trinajstić information content (AvgIpc) is 2.26. The Hall–Kier alpha value is -1.39. The first-order valence-corrected chi connectivity index (χ1v) is 5.67. The van der Waals surface area contributed by atoms with E-state index in [1.165, 1.54) is 6.92 Å². The van der Waals surface area contributed by atoms with Gasteiger partial charge in [0.1, 0.15) is 5.75 Å². The van der Waals surface area contributed by atoms with Gasteiger partial charge >= 0.3 is 5.97 Å². The summed E-state index contributed by atoms with van der Waals surface area (Å²) in [6.07, 6.45) is 0.771. The highest BCUT2D eigenvalue weighted by atomic mass is 16.5. The summed E-state index contributed by atoms with van der Waals surface area (Å²) in [5.41, 5.74) is 6.73. The van der Waals surface area contributed by atoms with Crippen molar-refractivity contribution in [1.82, 2.24) is 4.90 Å². The molecule has 0 aromatic heterocycles. The summed E-state index contributed by atoms with van der Waals surface area (Å²) >= 11 is 0. The second-order valence-corrected chi connectivity index (χ2v) is 4.26. The molecule has 17 heavy (non-hydrogen) atoms. The Balaban J connectivity index is 2.85. The first-order valence-electron chi connectivity index (χ1n) is 5.67. The predicted octanol–water partition coefficient (Wildman–Crippen LogP) is 1.04. The van der Waals surface area contributed by atoms with Gasteiger partial charge in [-0.05, 0) is 32.1 Å². The van der Waals surface area contributed by atoms with E-state index in [0.717, 1.165) is 12.0 Å². The Labute approximate surface area is 102 Å². The normalized spacial score (nSPS) is 12.5. The molecule has 1 rings (SSSR count). The van der Waals surface area contributed by atoms with E-state index >= 15 is 0 Å². The molecule has 0 amide bonds. The molecule has 0 aliphatic rings. The standard InChI is InChI=1S/C13H20N2O2/c1-10(16)17-13-7-5-4-6-11(13)8-12(9-14)15(2)3/h4-7,12H,8-9,14H2,1-3H3. The minimum Gasteiger partial charge on any atom is -0.426 e. The topological polar surface area (TPSA) is 55.6 Å². The van der Waals surface area contributed by atoms with E-state index in [1.54, 1.807) is 6.07 Å². The van der Waals surface area contributed by atoms with Crippen molar-refractivity contribution in [2.45, 2.75) is 19.4 Å². The summed E-state index contributed by atoms with van der Waals surface area (Å²) in [4.78, 5) is 13.1. The van der Waals surface area contributed by atoms with Gasteiger partial charge in [-0.2, -0.15) is 0 Å². The van der Waals surface area contributed by atoms with Crippen LogP contribution in [0.15, 0.2) is 24.3 Å². The molecule has 2 N–H and O–H groups in total. The molecule has 1 aromatic rings. The first kappa shape index (κ1) is 13.7. The Morgan fingerprint density at radius 1 is 1.41 bits per heavy atom. The van der Waals surface area contributed by atoms with E-state index in [-0.39, 0.29) is 12.0 Å². The van der Waals surface area contributed by atoms with Gasteiger partial charge in [0.15, 0.2) is 0 Å². The molecule has 1 aromatic carbocycles. The van der Waals surface area contributed by atoms with Crippen LogP contribution in [0, 0.1) is 0 Å². The van der Waals surface area contributed by atoms with Gasteiger partial charge in [0, 0.05) is 19.5 Å². The van der Waals surface area contributed by atoms with Crippen molar-refractivity contribution in [2.75, 3.05) is 20.6 Å². The van der Waals surface area contributed by atoms with Crippen LogP contribution in [0.25, 0.3) is 0 Å². The van der Waals surface area contributed by atoms with Crippen molar-refractivity contribution in [2.24, 2.45) is 5.73 Å². The summed E-state index contributed by atoms with van der Waals surface area (Å²) in [5, 5.41) is 0. The number of hydrogen-bond donors (Lipinski definition) is 1. The number of nitrogens with zero attached hydrogens (tertiary/aromatic N) is 1. The molecule has 0 fully saturated rings. The zero-order chi connectivity index (χ0) is 12.8. The van der Waals surface area contributed by atoms with Crippen LogP contribution in [0.3, 0.4) is 0 Å². The van der Waals surface area contributed by atoms with Crippen LogP contribution < -0.4 is 10.5 Å². The van der Waals surface area contributed by atoms with Crippen LogP contribution >= 0.6 is 0 Å². The van der Waals surface area contributed by atoms with Crippen molar-refractivity contribution >= 4 is 5.97 Å². The van der Waals surface area contributed by atoms with Crippen LogP contribution in [-0.2, 0) is 11.2 Å². The number of likely N-dealkylation sites (N-methyl/N-ethyl adjacent to an activating group) is 1. The highest BCUT2D eigenvalue weighted by Crippen LogP contribution is 2.20. The molecule has 4 heteroatoms. The molecule has 4 nitrogen and oxygen atoms in total. The van der Waals surface area contributed by atoms with Crippen molar-refractivity contribution < 1.29 is 9.53 Å². The van der Waals surface area contributed by atoms with Crippen molar-refractivity contribution in [3.8, 4) is 5.75 Å². The van der Waals surface area contributed by atoms with E-state index in [9.17, 15) is 4.79 Å². The van der Waals surface area contributed by atoms with E-state index in [0.29, 0.717) is 12.3 Å². The van der Waals surface area contributed by atoms with Crippen molar-refractivity contribution in [3.05, 3.63) is 29.8 Å². The number of rotatable bonds is 5. The number of benzene rings is 1. The third-order valence-electron chi connectivity index (χ3n) is 2.68. The molecular weight excluding hydrogens is 216 g/mol. The zero-order valence-corrected chi connectivity index (χ0v) is 10.6. The number of hydrogen-bond acceptors (Lipinski definition) is 4. The summed E-state index contributed by atoms with van der Waals surface area (Å²) < 4.78 is 5.17. The van der Waals surface area contributed by atoms with Crippen molar-refractivity contribution in [1.29, 1.82) is 0 Å². The Morgan fingerprint density at radius 3 is 2.59 bits per heavy atom. The maximum atomic E-state index is 11.0. The fourth-order valence-corrected chi connectivity index (χ4v) is 1.66. The van der Waals surface area contributed by atoms with Crippen LogP contribution in [0.1, 0.15) is 12.5 Å². The number of para-hydroxylation sites is 1. The van der Waals surface area contributed by atoms with Gasteiger partial charge in [-0.15, -0.1) is 0 Å². The predicted molar refractivity (Wildman–Crippen MR) is 68.0 cm³/mol. The van der Waals surface area contributed by atoms with E-state index in [4.69, 9.17) is 10.5 Å². The third-order valence-corrected chi connectivity index (χ3v) is 2.68. The Bertz CT molecular complexity index is 377. The second kappa shape index (κ2) is 6.37. The Morgan fingerprint density at radius 2 is 2.06 bits per heavy atom. The van der Waals surface area contributed by atoms with E-state index < -0.39 is 0 Å². The number of ether oxygens (including phenoxy) is 1. The quantitative estimate of drug-likeness (QED) is 0.613. The largest absolute Gasteiger partial charge is 0.426 e. The molecule has 0 saturated carbocycles. The number of carbonyl (C=O) groups excluding carboxylic acids is 1. The minimum atomic E-state index is -0.299. The van der Waals surface area contributed by atoms with Gasteiger partial charge < -0.3 is 15.4 Å². The summed E-state index contributed by atoms with van der Waals surface area (Å²) in [7, 11) is 3.98. The first-order chi connectivity index (χ1) is 8.04. The average molecular weight is 236 g/mol. The maximum absolute atomic E-state index is 11.0. The molecule has 0 spiro atoms. The molecule has 0 bridgehead atoms. The highest BCUT2D eigenvalue weighted by Gasteiger charge is 2.13. The Kier molecular flexibility index (Phi) is 5.12. The maximum Gasteiger partial charge on any atom is 0.308 e. The van der Waals surface area contributed by atoms with Crippen molar-refractivity contribution in [3.63, 3.8) is 0 Å². The molecular formula is C13H20N2O2. The van der Waals surface area contributed by atoms with Gasteiger partial charge in [-0.25, -0.2) is 0 Å². The number of carbonyl (C=O) groups is 1. The fraction of sp³-hybridized carbons (Fsp3) is 0.462. The van der Waals surface area contributed by atoms with E-state index in [1.807, 2.05) is 32.3 Å². The SMILES string of the molecule is CC(=O)Oc1ccccc1CC(CN)N(C)C. The summed E-state index contributed by atoms with van der Waals surface area (Å²) in [6, 6.07) is 7.80. The lowest BCUT2D eigenvalue weighted by Crippen LogP contribution is -2.36. The number of nitrogens with two attached hydrogens (primary N) is 1. The molecule has 0 aliphatic carbocycles. The van der Waals surface area contributed by atoms with Gasteiger partial charge in [0.25, 0.3) is 0 Å². The minimum absolute atomic E-state index is 0.242. The van der Waals surface area contributed by atoms with Gasteiger partial charge in [-0.1, -0.05) is 18.2 Å². The van der Waals surface area contributed by atoms with Crippen LogP contribution in [0.2, 0.25) is 0 Å². The van der Waals surface area contributed by atoms with Crippen LogP contribution in [0.5, 0.6) is 5.75 Å². The van der Waals surface area contributed by atoms with Gasteiger partial charge in [0.05, 0.1) is 0 Å². The lowest BCUT2D eigenvalue weighted by molar-refractivity contribution is -0.131. The zero-order valence-electron chi connectivity index (χ0n) is 10.6. The molecule has 0 saturated heterocycles. The van der Waals surface area contributed by atoms with E-state index in [2.05, 4.69) is 4.90 Å². The second-order valence-electron chi connectivity index (χ2n) is 4.26. The molecule has 0 heterocycles. The van der Waals surface area contributed by atoms with Gasteiger partial charge in [-0.3, -0.25) is 4.79 Å². The van der Waals surface area contributed by atoms with Gasteiger partial charge in [0.2, 0.25) is 0 Å².